The number of thiazole rings is 1. The van der Waals surface area contributed by atoms with Gasteiger partial charge in [0, 0.05) is 23.1 Å². The highest BCUT2D eigenvalue weighted by Gasteiger charge is 2.54. The molecule has 2 aliphatic rings. The van der Waals surface area contributed by atoms with Crippen molar-refractivity contribution >= 4 is 85.8 Å². The van der Waals surface area contributed by atoms with Crippen LogP contribution in [-0.2, 0) is 33.5 Å². The maximum atomic E-state index is 13.4. The molecule has 0 bridgehead atoms. The number of ether oxygens (including phenoxy) is 2. The van der Waals surface area contributed by atoms with Gasteiger partial charge in [-0.25, -0.2) is 19.3 Å². The Bertz CT molecular complexity index is 1610. The molecule has 0 saturated carbocycles. The van der Waals surface area contributed by atoms with Crippen LogP contribution in [-0.4, -0.2) is 90.8 Å². The Labute approximate surface area is 261 Å². The van der Waals surface area contributed by atoms with Crippen molar-refractivity contribution in [2.24, 2.45) is 10.6 Å². The second-order valence-corrected chi connectivity index (χ2v) is 14.2. The Morgan fingerprint density at radius 2 is 2.07 bits per heavy atom. The third kappa shape index (κ3) is 6.48. The number of oxime groups is 1. The van der Waals surface area contributed by atoms with Crippen LogP contribution in [0.1, 0.15) is 26.5 Å². The zero-order chi connectivity index (χ0) is 30.9. The molecule has 3 aromatic rings. The van der Waals surface area contributed by atoms with E-state index in [4.69, 9.17) is 20.0 Å². The second kappa shape index (κ2) is 12.5. The molecule has 5 rings (SSSR count). The first kappa shape index (κ1) is 30.8. The van der Waals surface area contributed by atoms with Crippen LogP contribution in [0, 0.1) is 5.41 Å². The van der Waals surface area contributed by atoms with Crippen molar-refractivity contribution in [2.45, 2.75) is 36.5 Å². The first-order valence-electron chi connectivity index (χ1n) is 12.6. The summed E-state index contributed by atoms with van der Waals surface area (Å²) in [6, 6.07) is -0.960. The highest BCUT2D eigenvalue weighted by Crippen LogP contribution is 2.42. The molecule has 0 aromatic carbocycles. The molecule has 0 unspecified atom stereocenters. The highest BCUT2D eigenvalue weighted by molar-refractivity contribution is 8.02. The number of carbonyl (C=O) groups is 4. The Kier molecular flexibility index (Phi) is 8.95. The Morgan fingerprint density at radius 3 is 2.74 bits per heavy atom. The number of aromatic nitrogens is 4. The number of esters is 2. The van der Waals surface area contributed by atoms with E-state index in [-0.39, 0.29) is 22.2 Å². The van der Waals surface area contributed by atoms with Crippen LogP contribution in [0.2, 0.25) is 0 Å². The van der Waals surface area contributed by atoms with Gasteiger partial charge in [0.1, 0.15) is 29.9 Å². The third-order valence-corrected chi connectivity index (χ3v) is 10.2. The number of hydrogen-bond acceptors (Lipinski definition) is 16. The number of rotatable bonds is 10. The maximum Gasteiger partial charge on any atom is 0.357 e. The van der Waals surface area contributed by atoms with E-state index in [1.54, 1.807) is 43.1 Å². The van der Waals surface area contributed by atoms with Gasteiger partial charge in [-0.2, -0.15) is 0 Å². The number of carbonyl (C=O) groups excluding carboxylic acids is 4. The highest BCUT2D eigenvalue weighted by atomic mass is 32.2. The van der Waals surface area contributed by atoms with Gasteiger partial charge in [0.05, 0.1) is 11.6 Å². The van der Waals surface area contributed by atoms with Gasteiger partial charge in [-0.15, -0.1) is 28.2 Å². The summed E-state index contributed by atoms with van der Waals surface area (Å²) in [5, 5.41) is 12.1. The minimum absolute atomic E-state index is 0.0398. The number of β-lactam (4-membered cyclic amide) rings is 1. The molecule has 0 radical (unpaired) electrons. The van der Waals surface area contributed by atoms with Crippen LogP contribution in [0.3, 0.4) is 0 Å². The average molecular weight is 667 g/mol. The second-order valence-electron chi connectivity index (χ2n) is 10.0. The largest absolute Gasteiger partial charge is 0.427 e. The molecule has 2 amide bonds. The van der Waals surface area contributed by atoms with E-state index < -0.39 is 47.4 Å². The Hall–Kier alpha value is -3.68. The van der Waals surface area contributed by atoms with Crippen LogP contribution < -0.4 is 11.1 Å². The molecule has 15 nitrogen and oxygen atoms in total. The molecule has 1 saturated heterocycles. The van der Waals surface area contributed by atoms with Crippen molar-refractivity contribution < 1.29 is 33.5 Å². The van der Waals surface area contributed by atoms with Crippen molar-refractivity contribution in [2.75, 3.05) is 31.1 Å². The summed E-state index contributed by atoms with van der Waals surface area (Å²) < 4.78 is 12.8. The SMILES string of the molecule is CO/N=C(\C(=O)N[C@@H]1C(=O)N2C(C(=O)OCOC(=O)C(C)(C)C)=C(CSc3nn4ccnc4s3)CS[C@H]12)c1csc(N)n1. The summed E-state index contributed by atoms with van der Waals surface area (Å²) in [4.78, 5) is 67.1. The molecule has 19 heteroatoms. The maximum absolute atomic E-state index is 13.4. The summed E-state index contributed by atoms with van der Waals surface area (Å²) in [6.45, 7) is 4.41. The van der Waals surface area contributed by atoms with E-state index in [1.807, 2.05) is 0 Å². The zero-order valence-electron chi connectivity index (χ0n) is 23.3. The first-order chi connectivity index (χ1) is 20.5. The van der Waals surface area contributed by atoms with E-state index in [2.05, 4.69) is 25.5 Å². The van der Waals surface area contributed by atoms with Crippen LogP contribution >= 0.6 is 46.2 Å². The lowest BCUT2D eigenvalue weighted by atomic mass is 9.98. The summed E-state index contributed by atoms with van der Waals surface area (Å²) in [6.07, 6.45) is 3.38. The number of nitrogens with one attached hydrogen (secondary N) is 1. The first-order valence-corrected chi connectivity index (χ1v) is 16.3. The minimum atomic E-state index is -0.960. The topological polar surface area (TPSA) is 193 Å². The molecule has 3 N–H and O–H groups in total. The van der Waals surface area contributed by atoms with Crippen molar-refractivity contribution in [3.05, 3.63) is 34.7 Å². The molecule has 0 spiro atoms. The average Bonchev–Trinajstić information content (AvgIpc) is 3.69. The number of imidazole rings is 1. The predicted molar refractivity (Wildman–Crippen MR) is 160 cm³/mol. The summed E-state index contributed by atoms with van der Waals surface area (Å²) in [7, 11) is 1.28. The molecule has 2 aliphatic heterocycles. The standard InChI is InChI=1S/C24H26N8O7S4/c1-24(2,3)20(36)39-10-38-19(35)15-11(8-42-23-29-31-6-5-26-22(31)43-23)7-40-18-14(17(34)32(15)18)28-16(33)13(30-37-4)12-9-41-21(25)27-12/h5-6,9,14,18H,7-8,10H2,1-4H3,(H2,25,27)(H,28,33)/b30-13-/t14-,18-/m1/s1. The molecule has 2 atom stereocenters. The van der Waals surface area contributed by atoms with Crippen molar-refractivity contribution in [1.29, 1.82) is 0 Å². The van der Waals surface area contributed by atoms with Gasteiger partial charge in [-0.05, 0) is 26.3 Å². The lowest BCUT2D eigenvalue weighted by molar-refractivity contribution is -0.173. The van der Waals surface area contributed by atoms with Crippen molar-refractivity contribution in [3.63, 3.8) is 0 Å². The number of thioether (sulfide) groups is 2. The van der Waals surface area contributed by atoms with E-state index in [0.29, 0.717) is 17.1 Å². The zero-order valence-corrected chi connectivity index (χ0v) is 26.5. The number of fused-ring (bicyclic) bond motifs is 2. The van der Waals surface area contributed by atoms with E-state index in [9.17, 15) is 19.2 Å². The van der Waals surface area contributed by atoms with Gasteiger partial charge in [-0.3, -0.25) is 19.3 Å². The molecule has 3 aromatic heterocycles. The van der Waals surface area contributed by atoms with Crippen LogP contribution in [0.4, 0.5) is 5.13 Å². The number of amides is 2. The molecular weight excluding hydrogens is 641 g/mol. The number of nitrogen functional groups attached to an aromatic ring is 1. The molecule has 1 fully saturated rings. The predicted octanol–water partition coefficient (Wildman–Crippen LogP) is 1.72. The fourth-order valence-electron chi connectivity index (χ4n) is 3.93. The van der Waals surface area contributed by atoms with Crippen LogP contribution in [0.5, 0.6) is 0 Å². The minimum Gasteiger partial charge on any atom is -0.427 e. The molecule has 0 aliphatic carbocycles. The Balaban J connectivity index is 1.33. The van der Waals surface area contributed by atoms with Gasteiger partial charge < -0.3 is 25.4 Å². The van der Waals surface area contributed by atoms with Crippen LogP contribution in [0.15, 0.2) is 38.5 Å². The molecule has 5 heterocycles. The smallest absolute Gasteiger partial charge is 0.357 e. The van der Waals surface area contributed by atoms with E-state index in [1.165, 1.54) is 46.9 Å². The third-order valence-electron chi connectivity index (χ3n) is 6.01. The fourth-order valence-corrected chi connectivity index (χ4v) is 7.87. The van der Waals surface area contributed by atoms with E-state index in [0.717, 1.165) is 20.6 Å². The van der Waals surface area contributed by atoms with Gasteiger partial charge in [-0.1, -0.05) is 28.3 Å². The van der Waals surface area contributed by atoms with Gasteiger partial charge in [0.15, 0.2) is 15.2 Å². The number of anilines is 1. The van der Waals surface area contributed by atoms with Crippen molar-refractivity contribution in [1.82, 2.24) is 29.8 Å². The lowest BCUT2D eigenvalue weighted by Crippen LogP contribution is -2.71. The van der Waals surface area contributed by atoms with Crippen molar-refractivity contribution in [3.8, 4) is 0 Å². The van der Waals surface area contributed by atoms with Gasteiger partial charge in [0.2, 0.25) is 11.8 Å². The van der Waals surface area contributed by atoms with Gasteiger partial charge in [0.25, 0.3) is 11.8 Å². The monoisotopic (exact) mass is 666 g/mol. The van der Waals surface area contributed by atoms with E-state index >= 15 is 0 Å². The summed E-state index contributed by atoms with van der Waals surface area (Å²) >= 11 is 5.28. The quantitative estimate of drug-likeness (QED) is 0.0794. The number of hydrogen-bond donors (Lipinski definition) is 2. The van der Waals surface area contributed by atoms with Crippen LogP contribution in [0.25, 0.3) is 4.96 Å². The summed E-state index contributed by atoms with van der Waals surface area (Å²) in [5.41, 5.74) is 5.62. The fraction of sp³-hybridized carbons (Fsp3) is 0.417. The lowest BCUT2D eigenvalue weighted by Gasteiger charge is -2.49. The molecular formula is C24H26N8O7S4. The Morgan fingerprint density at radius 1 is 1.28 bits per heavy atom. The summed E-state index contributed by atoms with van der Waals surface area (Å²) in [5.74, 6) is -1.89. The molecule has 228 valence electrons. The molecule has 43 heavy (non-hydrogen) atoms. The number of nitrogens with zero attached hydrogens (tertiary/aromatic N) is 6. The number of nitrogens with two attached hydrogens (primary N) is 1. The van der Waals surface area contributed by atoms with Gasteiger partial charge >= 0.3 is 11.9 Å². The normalized spacial score (nSPS) is 18.7.